The number of rotatable bonds is 5. The number of aliphatic imine (C=N–C) groups is 1. The summed E-state index contributed by atoms with van der Waals surface area (Å²) in [5.41, 5.74) is 0.832. The molecule has 1 aromatic carbocycles. The van der Waals surface area contributed by atoms with Gasteiger partial charge in [0.1, 0.15) is 6.54 Å². The molecule has 0 aliphatic heterocycles. The van der Waals surface area contributed by atoms with Crippen LogP contribution in [-0.4, -0.2) is 28.7 Å². The van der Waals surface area contributed by atoms with E-state index in [4.69, 9.17) is 16.1 Å². The molecular weight excluding hydrogens is 338 g/mol. The van der Waals surface area contributed by atoms with Gasteiger partial charge in [0.25, 0.3) is 0 Å². The fourth-order valence-electron chi connectivity index (χ4n) is 2.97. The molecule has 0 atom stereocenters. The Morgan fingerprint density at radius 3 is 2.92 bits per heavy atom. The lowest BCUT2D eigenvalue weighted by atomic mass is 9.96. The van der Waals surface area contributed by atoms with E-state index in [-0.39, 0.29) is 0 Å². The van der Waals surface area contributed by atoms with Gasteiger partial charge in [0, 0.05) is 23.2 Å². The first-order valence-corrected chi connectivity index (χ1v) is 9.26. The van der Waals surface area contributed by atoms with Crippen LogP contribution in [0.25, 0.3) is 11.4 Å². The number of benzene rings is 1. The zero-order valence-electron chi connectivity index (χ0n) is 14.5. The Morgan fingerprint density at radius 2 is 2.16 bits per heavy atom. The van der Waals surface area contributed by atoms with E-state index in [9.17, 15) is 0 Å². The van der Waals surface area contributed by atoms with Gasteiger partial charge in [-0.1, -0.05) is 48.2 Å². The Hall–Kier alpha value is -2.08. The molecule has 0 spiro atoms. The molecule has 0 radical (unpaired) electrons. The standard InChI is InChI=1S/C18H24ClN5O/c1-2-20-18(22-15-9-4-3-5-10-15)21-12-16-23-17(24-25-16)13-7-6-8-14(19)11-13/h6-8,11,15H,2-5,9-10,12H2,1H3,(H2,20,21,22). The SMILES string of the molecule is CCNC(=NCc1nc(-c2cccc(Cl)c2)no1)NC1CCCCC1. The summed E-state index contributed by atoms with van der Waals surface area (Å²) in [5, 5.41) is 11.4. The molecule has 0 saturated heterocycles. The second kappa shape index (κ2) is 8.85. The van der Waals surface area contributed by atoms with Crippen molar-refractivity contribution in [2.45, 2.75) is 51.6 Å². The van der Waals surface area contributed by atoms with Gasteiger partial charge < -0.3 is 15.2 Å². The van der Waals surface area contributed by atoms with Crippen molar-refractivity contribution in [2.75, 3.05) is 6.54 Å². The smallest absolute Gasteiger partial charge is 0.248 e. The van der Waals surface area contributed by atoms with Crippen LogP contribution in [0.15, 0.2) is 33.8 Å². The van der Waals surface area contributed by atoms with Gasteiger partial charge in [0.05, 0.1) is 0 Å². The molecule has 1 aromatic heterocycles. The van der Waals surface area contributed by atoms with E-state index in [2.05, 4.69) is 32.7 Å². The molecule has 1 aliphatic rings. The lowest BCUT2D eigenvalue weighted by Crippen LogP contribution is -2.44. The lowest BCUT2D eigenvalue weighted by Gasteiger charge is -2.24. The minimum atomic E-state index is 0.343. The highest BCUT2D eigenvalue weighted by atomic mass is 35.5. The Morgan fingerprint density at radius 1 is 1.32 bits per heavy atom. The molecule has 3 rings (SSSR count). The summed E-state index contributed by atoms with van der Waals surface area (Å²) < 4.78 is 5.31. The van der Waals surface area contributed by atoms with E-state index in [1.165, 1.54) is 32.1 Å². The molecule has 0 amide bonds. The Balaban J connectivity index is 1.64. The van der Waals surface area contributed by atoms with Gasteiger partial charge in [-0.3, -0.25) is 0 Å². The summed E-state index contributed by atoms with van der Waals surface area (Å²) in [7, 11) is 0. The minimum absolute atomic E-state index is 0.343. The first kappa shape index (κ1) is 17.7. The number of hydrogen-bond acceptors (Lipinski definition) is 4. The number of halogens is 1. The third kappa shape index (κ3) is 5.19. The van der Waals surface area contributed by atoms with Gasteiger partial charge in [-0.05, 0) is 31.9 Å². The first-order chi connectivity index (χ1) is 12.2. The van der Waals surface area contributed by atoms with Gasteiger partial charge in [0.2, 0.25) is 11.7 Å². The van der Waals surface area contributed by atoms with Crippen molar-refractivity contribution in [2.24, 2.45) is 4.99 Å². The number of guanidine groups is 1. The van der Waals surface area contributed by atoms with Crippen molar-refractivity contribution in [3.05, 3.63) is 35.2 Å². The quantitative estimate of drug-likeness (QED) is 0.626. The maximum absolute atomic E-state index is 6.01. The molecule has 0 unspecified atom stereocenters. The van der Waals surface area contributed by atoms with E-state index >= 15 is 0 Å². The van der Waals surface area contributed by atoms with Crippen LogP contribution in [0.3, 0.4) is 0 Å². The van der Waals surface area contributed by atoms with Crippen LogP contribution in [-0.2, 0) is 6.54 Å². The average Bonchev–Trinajstić information content (AvgIpc) is 3.10. The highest BCUT2D eigenvalue weighted by Gasteiger charge is 2.15. The maximum atomic E-state index is 6.01. The third-order valence-electron chi connectivity index (χ3n) is 4.21. The number of nitrogens with zero attached hydrogens (tertiary/aromatic N) is 3. The zero-order chi connectivity index (χ0) is 17.5. The molecule has 134 valence electrons. The van der Waals surface area contributed by atoms with E-state index in [0.717, 1.165) is 18.1 Å². The van der Waals surface area contributed by atoms with Gasteiger partial charge in [-0.15, -0.1) is 0 Å². The van der Waals surface area contributed by atoms with E-state index in [0.29, 0.717) is 29.3 Å². The van der Waals surface area contributed by atoms with E-state index in [1.807, 2.05) is 24.3 Å². The lowest BCUT2D eigenvalue weighted by molar-refractivity contribution is 0.379. The first-order valence-electron chi connectivity index (χ1n) is 8.88. The van der Waals surface area contributed by atoms with Crippen LogP contribution < -0.4 is 10.6 Å². The predicted molar refractivity (Wildman–Crippen MR) is 99.6 cm³/mol. The molecule has 1 heterocycles. The van der Waals surface area contributed by atoms with Crippen LogP contribution in [0, 0.1) is 0 Å². The maximum Gasteiger partial charge on any atom is 0.248 e. The second-order valence-corrected chi connectivity index (χ2v) is 6.63. The van der Waals surface area contributed by atoms with Gasteiger partial charge in [0.15, 0.2) is 5.96 Å². The molecule has 25 heavy (non-hydrogen) atoms. The topological polar surface area (TPSA) is 75.3 Å². The fraction of sp³-hybridized carbons (Fsp3) is 0.500. The minimum Gasteiger partial charge on any atom is -0.357 e. The largest absolute Gasteiger partial charge is 0.357 e. The monoisotopic (exact) mass is 361 g/mol. The van der Waals surface area contributed by atoms with Crippen LogP contribution in [0.4, 0.5) is 0 Å². The summed E-state index contributed by atoms with van der Waals surface area (Å²) in [6.07, 6.45) is 6.29. The van der Waals surface area contributed by atoms with Crippen molar-refractivity contribution in [1.82, 2.24) is 20.8 Å². The van der Waals surface area contributed by atoms with Gasteiger partial charge >= 0.3 is 0 Å². The van der Waals surface area contributed by atoms with E-state index in [1.54, 1.807) is 0 Å². The van der Waals surface area contributed by atoms with Crippen molar-refractivity contribution in [3.63, 3.8) is 0 Å². The summed E-state index contributed by atoms with van der Waals surface area (Å²) in [6, 6.07) is 7.89. The van der Waals surface area contributed by atoms with Gasteiger partial charge in [-0.2, -0.15) is 4.98 Å². The fourth-order valence-corrected chi connectivity index (χ4v) is 3.16. The highest BCUT2D eigenvalue weighted by molar-refractivity contribution is 6.30. The van der Waals surface area contributed by atoms with Crippen LogP contribution in [0.5, 0.6) is 0 Å². The summed E-state index contributed by atoms with van der Waals surface area (Å²) in [4.78, 5) is 8.98. The highest BCUT2D eigenvalue weighted by Crippen LogP contribution is 2.20. The van der Waals surface area contributed by atoms with Crippen molar-refractivity contribution in [3.8, 4) is 11.4 Å². The molecule has 2 N–H and O–H groups in total. The molecule has 7 heteroatoms. The Labute approximate surface area is 153 Å². The molecular formula is C18H24ClN5O. The molecule has 1 aliphatic carbocycles. The molecule has 0 bridgehead atoms. The number of nitrogens with one attached hydrogen (secondary N) is 2. The summed E-state index contributed by atoms with van der Waals surface area (Å²) in [6.45, 7) is 3.22. The Kier molecular flexibility index (Phi) is 6.28. The number of hydrogen-bond donors (Lipinski definition) is 2. The molecule has 1 saturated carbocycles. The van der Waals surface area contributed by atoms with Crippen LogP contribution in [0.1, 0.15) is 44.9 Å². The van der Waals surface area contributed by atoms with Crippen molar-refractivity contribution < 1.29 is 4.52 Å². The Bertz CT molecular complexity index is 709. The van der Waals surface area contributed by atoms with Crippen molar-refractivity contribution in [1.29, 1.82) is 0 Å². The van der Waals surface area contributed by atoms with E-state index < -0.39 is 0 Å². The molecule has 2 aromatic rings. The van der Waals surface area contributed by atoms with Crippen LogP contribution >= 0.6 is 11.6 Å². The summed E-state index contributed by atoms with van der Waals surface area (Å²) in [5.74, 6) is 1.81. The molecule has 1 fully saturated rings. The van der Waals surface area contributed by atoms with Gasteiger partial charge in [-0.25, -0.2) is 4.99 Å². The average molecular weight is 362 g/mol. The molecule has 6 nitrogen and oxygen atoms in total. The zero-order valence-corrected chi connectivity index (χ0v) is 15.2. The third-order valence-corrected chi connectivity index (χ3v) is 4.45. The predicted octanol–water partition coefficient (Wildman–Crippen LogP) is 3.78. The second-order valence-electron chi connectivity index (χ2n) is 6.20. The number of aromatic nitrogens is 2. The van der Waals surface area contributed by atoms with Crippen molar-refractivity contribution >= 4 is 17.6 Å². The summed E-state index contributed by atoms with van der Waals surface area (Å²) >= 11 is 6.01. The van der Waals surface area contributed by atoms with Crippen LogP contribution in [0.2, 0.25) is 5.02 Å². The normalized spacial score (nSPS) is 16.0.